The van der Waals surface area contributed by atoms with Gasteiger partial charge in [0, 0.05) is 25.2 Å². The maximum atomic E-state index is 11.8. The Hall–Kier alpha value is -1.51. The van der Waals surface area contributed by atoms with E-state index < -0.39 is 0 Å². The lowest BCUT2D eigenvalue weighted by Gasteiger charge is -2.34. The molecule has 1 aliphatic heterocycles. The number of carbonyl (C=O) groups excluding carboxylic acids is 1. The Morgan fingerprint density at radius 2 is 1.95 bits per heavy atom. The number of esters is 1. The second-order valence-electron chi connectivity index (χ2n) is 7.39. The predicted octanol–water partition coefficient (Wildman–Crippen LogP) is 4.33. The molecule has 2 rings (SSSR count). The molecule has 3 nitrogen and oxygen atoms in total. The molecule has 122 valence electrons. The number of nitrogens with zero attached hydrogens (tertiary/aromatic N) is 1. The Morgan fingerprint density at radius 1 is 1.27 bits per heavy atom. The molecule has 1 aromatic carbocycles. The fourth-order valence-corrected chi connectivity index (χ4v) is 3.02. The number of piperidine rings is 1. The molecule has 0 atom stereocenters. The van der Waals surface area contributed by atoms with Crippen LogP contribution in [0.4, 0.5) is 5.69 Å². The molecule has 22 heavy (non-hydrogen) atoms. The molecule has 0 unspecified atom stereocenters. The summed E-state index contributed by atoms with van der Waals surface area (Å²) in [7, 11) is 0. The van der Waals surface area contributed by atoms with Gasteiger partial charge in [0.15, 0.2) is 0 Å². The van der Waals surface area contributed by atoms with E-state index in [4.69, 9.17) is 4.74 Å². The molecule has 1 saturated heterocycles. The number of aryl methyl sites for hydroxylation is 1. The smallest absolute Gasteiger partial charge is 0.306 e. The van der Waals surface area contributed by atoms with Gasteiger partial charge in [0.1, 0.15) is 5.60 Å². The molecule has 1 fully saturated rings. The predicted molar refractivity (Wildman–Crippen MR) is 91.2 cm³/mol. The average molecular weight is 303 g/mol. The van der Waals surface area contributed by atoms with Crippen LogP contribution in [-0.2, 0) is 9.53 Å². The van der Waals surface area contributed by atoms with Crippen molar-refractivity contribution in [2.75, 3.05) is 18.0 Å². The number of benzene rings is 1. The lowest BCUT2D eigenvalue weighted by atomic mass is 9.92. The van der Waals surface area contributed by atoms with Gasteiger partial charge in [0.25, 0.3) is 0 Å². The maximum Gasteiger partial charge on any atom is 0.306 e. The molecule has 3 heteroatoms. The highest BCUT2D eigenvalue weighted by atomic mass is 16.6. The highest BCUT2D eigenvalue weighted by Crippen LogP contribution is 2.26. The molecule has 0 saturated carbocycles. The molecular weight excluding hydrogens is 274 g/mol. The summed E-state index contributed by atoms with van der Waals surface area (Å²) in [5, 5.41) is 0. The van der Waals surface area contributed by atoms with Crippen LogP contribution in [0.1, 0.15) is 52.0 Å². The van der Waals surface area contributed by atoms with Gasteiger partial charge in [-0.2, -0.15) is 0 Å². The summed E-state index contributed by atoms with van der Waals surface area (Å²) in [6.07, 6.45) is 3.83. The summed E-state index contributed by atoms with van der Waals surface area (Å²) in [6, 6.07) is 8.70. The van der Waals surface area contributed by atoms with Crippen molar-refractivity contribution in [1.29, 1.82) is 0 Å². The van der Waals surface area contributed by atoms with E-state index in [9.17, 15) is 4.79 Å². The quantitative estimate of drug-likeness (QED) is 0.775. The van der Waals surface area contributed by atoms with Gasteiger partial charge in [-0.1, -0.05) is 12.1 Å². The summed E-state index contributed by atoms with van der Waals surface area (Å²) < 4.78 is 5.38. The second-order valence-corrected chi connectivity index (χ2v) is 7.39. The van der Waals surface area contributed by atoms with Gasteiger partial charge >= 0.3 is 5.97 Å². The Balaban J connectivity index is 1.74. The van der Waals surface area contributed by atoms with Crippen LogP contribution in [0.15, 0.2) is 24.3 Å². The molecule has 1 heterocycles. The minimum absolute atomic E-state index is 0.0615. The zero-order valence-corrected chi connectivity index (χ0v) is 14.4. The van der Waals surface area contributed by atoms with E-state index in [0.29, 0.717) is 12.3 Å². The summed E-state index contributed by atoms with van der Waals surface area (Å²) in [5.41, 5.74) is 2.26. The van der Waals surface area contributed by atoms with Crippen LogP contribution in [0, 0.1) is 12.8 Å². The van der Waals surface area contributed by atoms with Crippen molar-refractivity contribution in [1.82, 2.24) is 0 Å². The van der Waals surface area contributed by atoms with Crippen LogP contribution in [0.2, 0.25) is 0 Å². The maximum absolute atomic E-state index is 11.8. The lowest BCUT2D eigenvalue weighted by molar-refractivity contribution is -0.155. The van der Waals surface area contributed by atoms with Crippen LogP contribution in [-0.4, -0.2) is 24.7 Å². The number of anilines is 1. The zero-order chi connectivity index (χ0) is 16.2. The van der Waals surface area contributed by atoms with Crippen LogP contribution in [0.3, 0.4) is 0 Å². The Morgan fingerprint density at radius 3 is 2.55 bits per heavy atom. The first-order valence-electron chi connectivity index (χ1n) is 8.37. The van der Waals surface area contributed by atoms with E-state index in [1.54, 1.807) is 0 Å². The average Bonchev–Trinajstić information content (AvgIpc) is 2.44. The Bertz CT molecular complexity index is 496. The minimum Gasteiger partial charge on any atom is -0.460 e. The fourth-order valence-electron chi connectivity index (χ4n) is 3.02. The summed E-state index contributed by atoms with van der Waals surface area (Å²) in [6.45, 7) is 10.1. The minimum atomic E-state index is -0.369. The first-order chi connectivity index (χ1) is 10.3. The van der Waals surface area contributed by atoms with E-state index in [2.05, 4.69) is 36.1 Å². The molecule has 1 aromatic rings. The Labute approximate surface area is 134 Å². The van der Waals surface area contributed by atoms with E-state index in [1.807, 2.05) is 20.8 Å². The van der Waals surface area contributed by atoms with Gasteiger partial charge in [-0.15, -0.1) is 0 Å². The molecule has 0 N–H and O–H groups in total. The van der Waals surface area contributed by atoms with Crippen LogP contribution in [0.25, 0.3) is 0 Å². The standard InChI is InChI=1S/C19H29NO2/c1-15-6-5-7-17(14-15)20-12-10-16(11-13-20)8-9-18(21)22-19(2,3)4/h5-7,14,16H,8-13H2,1-4H3. The first-order valence-corrected chi connectivity index (χ1v) is 8.37. The van der Waals surface area contributed by atoms with E-state index in [-0.39, 0.29) is 11.6 Å². The van der Waals surface area contributed by atoms with Crippen molar-refractivity contribution in [3.8, 4) is 0 Å². The SMILES string of the molecule is Cc1cccc(N2CCC(CCC(=O)OC(C)(C)C)CC2)c1. The fraction of sp³-hybridized carbons (Fsp3) is 0.632. The van der Waals surface area contributed by atoms with Crippen molar-refractivity contribution in [3.63, 3.8) is 0 Å². The number of ether oxygens (including phenoxy) is 1. The monoisotopic (exact) mass is 303 g/mol. The highest BCUT2D eigenvalue weighted by molar-refractivity contribution is 5.69. The third-order valence-electron chi connectivity index (χ3n) is 4.16. The van der Waals surface area contributed by atoms with Crippen LogP contribution >= 0.6 is 0 Å². The van der Waals surface area contributed by atoms with Gasteiger partial charge in [-0.05, 0) is 70.6 Å². The molecule has 0 spiro atoms. The van der Waals surface area contributed by atoms with Gasteiger partial charge in [0.2, 0.25) is 0 Å². The van der Waals surface area contributed by atoms with Crippen LogP contribution < -0.4 is 4.90 Å². The molecular formula is C19H29NO2. The molecule has 0 amide bonds. The van der Waals surface area contributed by atoms with Crippen molar-refractivity contribution in [2.24, 2.45) is 5.92 Å². The second kappa shape index (κ2) is 7.17. The van der Waals surface area contributed by atoms with Crippen molar-refractivity contribution < 1.29 is 9.53 Å². The number of rotatable bonds is 4. The number of hydrogen-bond acceptors (Lipinski definition) is 3. The Kier molecular flexibility index (Phi) is 5.49. The van der Waals surface area contributed by atoms with E-state index >= 15 is 0 Å². The lowest BCUT2D eigenvalue weighted by Crippen LogP contribution is -2.34. The zero-order valence-electron chi connectivity index (χ0n) is 14.4. The number of carbonyl (C=O) groups is 1. The van der Waals surface area contributed by atoms with Crippen molar-refractivity contribution in [2.45, 2.75) is 59.0 Å². The molecule has 0 aromatic heterocycles. The third kappa shape index (κ3) is 5.36. The third-order valence-corrected chi connectivity index (χ3v) is 4.16. The van der Waals surface area contributed by atoms with Gasteiger partial charge in [0.05, 0.1) is 0 Å². The van der Waals surface area contributed by atoms with E-state index in [0.717, 1.165) is 32.4 Å². The number of hydrogen-bond donors (Lipinski definition) is 0. The van der Waals surface area contributed by atoms with Crippen molar-refractivity contribution >= 4 is 11.7 Å². The summed E-state index contributed by atoms with van der Waals surface area (Å²) >= 11 is 0. The van der Waals surface area contributed by atoms with E-state index in [1.165, 1.54) is 11.3 Å². The van der Waals surface area contributed by atoms with Crippen LogP contribution in [0.5, 0.6) is 0 Å². The molecule has 1 aliphatic rings. The molecule has 0 aliphatic carbocycles. The van der Waals surface area contributed by atoms with Gasteiger partial charge < -0.3 is 9.64 Å². The van der Waals surface area contributed by atoms with Gasteiger partial charge in [-0.25, -0.2) is 0 Å². The van der Waals surface area contributed by atoms with Crippen molar-refractivity contribution in [3.05, 3.63) is 29.8 Å². The largest absolute Gasteiger partial charge is 0.460 e. The highest BCUT2D eigenvalue weighted by Gasteiger charge is 2.22. The first kappa shape index (κ1) is 16.9. The topological polar surface area (TPSA) is 29.5 Å². The summed E-state index contributed by atoms with van der Waals surface area (Å²) in [4.78, 5) is 14.2. The van der Waals surface area contributed by atoms with Gasteiger partial charge in [-0.3, -0.25) is 4.79 Å². The summed E-state index contributed by atoms with van der Waals surface area (Å²) in [5.74, 6) is 0.585. The molecule has 0 bridgehead atoms. The normalized spacial score (nSPS) is 16.6. The molecule has 0 radical (unpaired) electrons.